The number of para-hydroxylation sites is 1. The van der Waals surface area contributed by atoms with Crippen molar-refractivity contribution >= 4 is 44.9 Å². The van der Waals surface area contributed by atoms with Crippen LogP contribution < -0.4 is 0 Å². The average molecular weight is 286 g/mol. The van der Waals surface area contributed by atoms with Crippen LogP contribution in [0.15, 0.2) is 49.6 Å². The van der Waals surface area contributed by atoms with Gasteiger partial charge in [-0.2, -0.15) is 0 Å². The topological polar surface area (TPSA) is 9.86 Å². The van der Waals surface area contributed by atoms with Crippen LogP contribution in [-0.4, -0.2) is 9.13 Å². The smallest absolute Gasteiger partial charge is 0.0736 e. The van der Waals surface area contributed by atoms with Crippen LogP contribution in [0.1, 0.15) is 11.3 Å². The monoisotopic (exact) mass is 286 g/mol. The second-order valence-electron chi connectivity index (χ2n) is 5.70. The lowest BCUT2D eigenvalue weighted by Crippen LogP contribution is -1.94. The first kappa shape index (κ1) is 13.0. The minimum absolute atomic E-state index is 1.11. The Labute approximate surface area is 129 Å². The summed E-state index contributed by atoms with van der Waals surface area (Å²) in [6.07, 6.45) is 3.83. The van der Waals surface area contributed by atoms with Gasteiger partial charge in [0, 0.05) is 47.0 Å². The molecular formula is C20H18N2. The van der Waals surface area contributed by atoms with E-state index in [2.05, 4.69) is 72.8 Å². The summed E-state index contributed by atoms with van der Waals surface area (Å²) in [5, 5.41) is 3.81. The van der Waals surface area contributed by atoms with Crippen LogP contribution in [0, 0.1) is 0 Å². The molecule has 0 aliphatic heterocycles. The summed E-state index contributed by atoms with van der Waals surface area (Å²) in [5.74, 6) is 0. The zero-order valence-corrected chi connectivity index (χ0v) is 12.9. The minimum atomic E-state index is 1.11. The van der Waals surface area contributed by atoms with Crippen molar-refractivity contribution in [1.82, 2.24) is 9.13 Å². The molecule has 0 spiro atoms. The van der Waals surface area contributed by atoms with Crippen molar-refractivity contribution in [2.75, 3.05) is 0 Å². The fourth-order valence-corrected chi connectivity index (χ4v) is 3.71. The van der Waals surface area contributed by atoms with Gasteiger partial charge in [-0.05, 0) is 12.1 Å². The van der Waals surface area contributed by atoms with Crippen LogP contribution in [0.2, 0.25) is 0 Å². The van der Waals surface area contributed by atoms with Crippen molar-refractivity contribution in [1.29, 1.82) is 0 Å². The lowest BCUT2D eigenvalue weighted by molar-refractivity contribution is 0.945. The Bertz CT molecular complexity index is 1070. The molecule has 2 aromatic heterocycles. The molecule has 0 N–H and O–H groups in total. The summed E-state index contributed by atoms with van der Waals surface area (Å²) in [7, 11) is 4.24. The number of nitrogens with zero attached hydrogens (tertiary/aromatic N) is 2. The van der Waals surface area contributed by atoms with Gasteiger partial charge >= 0.3 is 0 Å². The third kappa shape index (κ3) is 1.39. The van der Waals surface area contributed by atoms with Crippen molar-refractivity contribution in [3.05, 3.63) is 60.8 Å². The Kier molecular flexibility index (Phi) is 2.58. The predicted octanol–water partition coefficient (Wildman–Crippen LogP) is 5.11. The molecule has 22 heavy (non-hydrogen) atoms. The van der Waals surface area contributed by atoms with Crippen LogP contribution >= 0.6 is 0 Å². The lowest BCUT2D eigenvalue weighted by atomic mass is 10.1. The van der Waals surface area contributed by atoms with Crippen molar-refractivity contribution < 1.29 is 0 Å². The molecule has 2 heteroatoms. The van der Waals surface area contributed by atoms with E-state index in [-0.39, 0.29) is 0 Å². The second kappa shape index (κ2) is 4.38. The normalized spacial score (nSPS) is 11.5. The molecule has 0 fully saturated rings. The van der Waals surface area contributed by atoms with E-state index in [1.54, 1.807) is 0 Å². The third-order valence-electron chi connectivity index (χ3n) is 4.70. The number of fused-ring (bicyclic) bond motifs is 5. The molecule has 0 unspecified atom stereocenters. The van der Waals surface area contributed by atoms with Crippen LogP contribution in [0.4, 0.5) is 0 Å². The highest BCUT2D eigenvalue weighted by molar-refractivity contribution is 6.18. The minimum Gasteiger partial charge on any atom is -0.342 e. The van der Waals surface area contributed by atoms with E-state index in [1.165, 1.54) is 32.7 Å². The van der Waals surface area contributed by atoms with Crippen LogP contribution in [0.25, 0.3) is 44.9 Å². The van der Waals surface area contributed by atoms with Gasteiger partial charge in [0.2, 0.25) is 0 Å². The van der Waals surface area contributed by atoms with Crippen LogP contribution in [0.3, 0.4) is 0 Å². The van der Waals surface area contributed by atoms with Gasteiger partial charge in [-0.15, -0.1) is 0 Å². The van der Waals surface area contributed by atoms with Gasteiger partial charge in [-0.1, -0.05) is 49.6 Å². The summed E-state index contributed by atoms with van der Waals surface area (Å²) in [4.78, 5) is 0. The second-order valence-corrected chi connectivity index (χ2v) is 5.70. The molecule has 4 aromatic rings. The molecule has 0 atom stereocenters. The van der Waals surface area contributed by atoms with Crippen molar-refractivity contribution in [2.45, 2.75) is 0 Å². The highest BCUT2D eigenvalue weighted by Crippen LogP contribution is 2.37. The average Bonchev–Trinajstić information content (AvgIpc) is 3.00. The Morgan fingerprint density at radius 2 is 1.45 bits per heavy atom. The third-order valence-corrected chi connectivity index (χ3v) is 4.70. The maximum Gasteiger partial charge on any atom is 0.0736 e. The molecule has 2 heterocycles. The van der Waals surface area contributed by atoms with E-state index in [0.717, 1.165) is 11.3 Å². The summed E-state index contributed by atoms with van der Waals surface area (Å²) in [6, 6.07) is 13.0. The van der Waals surface area contributed by atoms with Crippen LogP contribution in [0.5, 0.6) is 0 Å². The lowest BCUT2D eigenvalue weighted by Gasteiger charge is -2.04. The van der Waals surface area contributed by atoms with Crippen molar-refractivity contribution in [3.8, 4) is 0 Å². The maximum atomic E-state index is 3.98. The van der Waals surface area contributed by atoms with E-state index in [4.69, 9.17) is 0 Å². The highest BCUT2D eigenvalue weighted by atomic mass is 15.0. The molecule has 0 bridgehead atoms. The van der Waals surface area contributed by atoms with Crippen molar-refractivity contribution in [3.63, 3.8) is 0 Å². The molecule has 0 saturated heterocycles. The van der Waals surface area contributed by atoms with Gasteiger partial charge in [0.25, 0.3) is 0 Å². The molecule has 2 aromatic carbocycles. The first-order valence-corrected chi connectivity index (χ1v) is 7.42. The van der Waals surface area contributed by atoms with Crippen LogP contribution in [-0.2, 0) is 14.1 Å². The number of aryl methyl sites for hydroxylation is 2. The van der Waals surface area contributed by atoms with Gasteiger partial charge < -0.3 is 9.13 Å². The molecule has 2 nitrogen and oxygen atoms in total. The number of rotatable bonds is 2. The Balaban J connectivity index is 2.37. The van der Waals surface area contributed by atoms with Gasteiger partial charge in [0.05, 0.1) is 11.0 Å². The highest BCUT2D eigenvalue weighted by Gasteiger charge is 2.17. The summed E-state index contributed by atoms with van der Waals surface area (Å²) in [5.41, 5.74) is 6.02. The van der Waals surface area contributed by atoms with E-state index in [9.17, 15) is 0 Å². The molecular weight excluding hydrogens is 268 g/mol. The summed E-state index contributed by atoms with van der Waals surface area (Å²) < 4.78 is 4.51. The van der Waals surface area contributed by atoms with E-state index in [1.807, 2.05) is 12.2 Å². The van der Waals surface area contributed by atoms with Gasteiger partial charge in [-0.3, -0.25) is 0 Å². The fraction of sp³-hybridized carbons (Fsp3) is 0.100. The summed E-state index contributed by atoms with van der Waals surface area (Å²) >= 11 is 0. The Morgan fingerprint density at radius 1 is 0.773 bits per heavy atom. The van der Waals surface area contributed by atoms with Gasteiger partial charge in [0.15, 0.2) is 0 Å². The standard InChI is InChI=1S/C20H18N2/c1-5-13-15-11-12-16-14-9-7-8-10-18(14)22(4)20(16)19(15)21(3)17(13)6-2/h5-12H,1-2H2,3-4H3. The molecule has 4 rings (SSSR count). The Morgan fingerprint density at radius 3 is 2.18 bits per heavy atom. The van der Waals surface area contributed by atoms with E-state index < -0.39 is 0 Å². The van der Waals surface area contributed by atoms with Crippen molar-refractivity contribution in [2.24, 2.45) is 14.1 Å². The molecule has 0 aliphatic carbocycles. The van der Waals surface area contributed by atoms with E-state index >= 15 is 0 Å². The molecule has 0 saturated carbocycles. The van der Waals surface area contributed by atoms with E-state index in [0.29, 0.717) is 0 Å². The Hall–Kier alpha value is -2.74. The first-order valence-electron chi connectivity index (χ1n) is 7.42. The molecule has 108 valence electrons. The quantitative estimate of drug-likeness (QED) is 0.484. The van der Waals surface area contributed by atoms with Gasteiger partial charge in [-0.25, -0.2) is 0 Å². The number of benzene rings is 2. The SMILES string of the molecule is C=Cc1c(C=C)n(C)c2c1ccc1c3ccccc3n(C)c12. The number of aromatic nitrogens is 2. The van der Waals surface area contributed by atoms with Gasteiger partial charge in [0.1, 0.15) is 0 Å². The first-order chi connectivity index (χ1) is 10.7. The number of hydrogen-bond donors (Lipinski definition) is 0. The zero-order valence-electron chi connectivity index (χ0n) is 12.9. The fourth-order valence-electron chi connectivity index (χ4n) is 3.71. The summed E-state index contributed by atoms with van der Waals surface area (Å²) in [6.45, 7) is 7.95. The number of hydrogen-bond acceptors (Lipinski definition) is 0. The molecule has 0 amide bonds. The predicted molar refractivity (Wildman–Crippen MR) is 97.1 cm³/mol. The largest absolute Gasteiger partial charge is 0.342 e. The molecule has 0 aliphatic rings. The maximum absolute atomic E-state index is 3.98. The molecule has 0 radical (unpaired) electrons. The zero-order chi connectivity index (χ0) is 15.4.